The molecule has 2 amide bonds. The van der Waals surface area contributed by atoms with E-state index >= 15 is 0 Å². The van der Waals surface area contributed by atoms with Gasteiger partial charge in [-0.1, -0.05) is 67.1 Å². The first-order chi connectivity index (χ1) is 16.9. The molecule has 0 bridgehead atoms. The number of thioether (sulfide) groups is 1. The highest BCUT2D eigenvalue weighted by Gasteiger charge is 2.31. The molecule has 0 unspecified atom stereocenters. The van der Waals surface area contributed by atoms with Gasteiger partial charge in [0.15, 0.2) is 0 Å². The smallest absolute Gasteiger partial charge is 0.243 e. The lowest BCUT2D eigenvalue weighted by Crippen LogP contribution is -2.52. The Bertz CT molecular complexity index is 1090. The predicted octanol–water partition coefficient (Wildman–Crippen LogP) is 5.78. The number of amides is 2. The normalized spacial score (nSPS) is 12.6. The number of rotatable bonds is 11. The summed E-state index contributed by atoms with van der Waals surface area (Å²) in [5.41, 5.74) is 2.90. The van der Waals surface area contributed by atoms with Crippen molar-refractivity contribution in [3.63, 3.8) is 0 Å². The van der Waals surface area contributed by atoms with Gasteiger partial charge in [-0.05, 0) is 55.7 Å². The van der Waals surface area contributed by atoms with E-state index in [4.69, 9.17) is 0 Å². The van der Waals surface area contributed by atoms with Crippen molar-refractivity contribution in [3.05, 3.63) is 101 Å². The summed E-state index contributed by atoms with van der Waals surface area (Å²) in [4.78, 5) is 29.7. The van der Waals surface area contributed by atoms with E-state index in [2.05, 4.69) is 5.32 Å². The minimum atomic E-state index is -0.692. The van der Waals surface area contributed by atoms with Crippen LogP contribution in [0.25, 0.3) is 0 Å². The lowest BCUT2D eigenvalue weighted by Gasteiger charge is -2.32. The maximum absolute atomic E-state index is 13.6. The summed E-state index contributed by atoms with van der Waals surface area (Å²) in [5.74, 6) is -0.456. The van der Waals surface area contributed by atoms with Crippen LogP contribution in [0.3, 0.4) is 0 Å². The van der Waals surface area contributed by atoms with Crippen LogP contribution >= 0.6 is 11.8 Å². The van der Waals surface area contributed by atoms with Gasteiger partial charge in [-0.25, -0.2) is 4.39 Å². The molecule has 0 saturated carbocycles. The molecule has 184 valence electrons. The molecule has 0 aliphatic carbocycles. The Hall–Kier alpha value is -3.12. The highest BCUT2D eigenvalue weighted by Crippen LogP contribution is 2.22. The number of aryl methyl sites for hydroxylation is 1. The Kier molecular flexibility index (Phi) is 9.91. The first-order valence-corrected chi connectivity index (χ1v) is 12.9. The second-order valence-electron chi connectivity index (χ2n) is 8.77. The number of carbonyl (C=O) groups excluding carboxylic acids is 2. The Morgan fingerprint density at radius 2 is 1.60 bits per heavy atom. The van der Waals surface area contributed by atoms with Crippen molar-refractivity contribution < 1.29 is 14.0 Å². The Morgan fingerprint density at radius 1 is 0.943 bits per heavy atom. The van der Waals surface area contributed by atoms with E-state index < -0.39 is 6.04 Å². The molecule has 0 aliphatic heterocycles. The summed E-state index contributed by atoms with van der Waals surface area (Å²) in [6, 6.07) is 23.1. The average molecular weight is 493 g/mol. The molecule has 3 aromatic carbocycles. The number of halogens is 1. The Labute approximate surface area is 211 Å². The van der Waals surface area contributed by atoms with Crippen LogP contribution in [0.5, 0.6) is 0 Å². The van der Waals surface area contributed by atoms with Crippen LogP contribution in [0, 0.1) is 12.7 Å². The van der Waals surface area contributed by atoms with Gasteiger partial charge in [0.2, 0.25) is 11.8 Å². The highest BCUT2D eigenvalue weighted by atomic mass is 32.2. The zero-order valence-electron chi connectivity index (χ0n) is 20.5. The summed E-state index contributed by atoms with van der Waals surface area (Å²) < 4.78 is 13.5. The monoisotopic (exact) mass is 492 g/mol. The number of nitrogens with one attached hydrogen (secondary N) is 1. The number of benzene rings is 3. The quantitative estimate of drug-likeness (QED) is 0.345. The van der Waals surface area contributed by atoms with Crippen molar-refractivity contribution in [1.82, 2.24) is 10.2 Å². The molecule has 0 fully saturated rings. The minimum Gasteiger partial charge on any atom is -0.352 e. The van der Waals surface area contributed by atoms with Crippen LogP contribution in [0.2, 0.25) is 0 Å². The van der Waals surface area contributed by atoms with Crippen molar-refractivity contribution >= 4 is 23.6 Å². The molecule has 3 aromatic rings. The molecule has 35 heavy (non-hydrogen) atoms. The van der Waals surface area contributed by atoms with Gasteiger partial charge in [0.1, 0.15) is 11.9 Å². The highest BCUT2D eigenvalue weighted by molar-refractivity contribution is 8.00. The number of hydrogen-bond acceptors (Lipinski definition) is 3. The maximum Gasteiger partial charge on any atom is 0.243 e. The fourth-order valence-electron chi connectivity index (χ4n) is 3.64. The van der Waals surface area contributed by atoms with E-state index in [1.54, 1.807) is 17.0 Å². The van der Waals surface area contributed by atoms with Gasteiger partial charge in [-0.3, -0.25) is 9.59 Å². The standard InChI is InChI=1S/C29H33FN2O2S/c1-4-22(3)31-29(34)27(18-23-8-6-5-7-9-23)32(19-24-12-14-25(30)15-13-24)28(33)20-35-26-16-10-21(2)11-17-26/h5-17,22,27H,4,18-20H2,1-3H3,(H,31,34)/t22-,27+/m0/s1. The zero-order chi connectivity index (χ0) is 25.2. The third kappa shape index (κ3) is 8.25. The lowest BCUT2D eigenvalue weighted by molar-refractivity contribution is -0.139. The van der Waals surface area contributed by atoms with Crippen molar-refractivity contribution in [2.75, 3.05) is 5.75 Å². The summed E-state index contributed by atoms with van der Waals surface area (Å²) in [6.45, 7) is 6.21. The molecule has 4 nitrogen and oxygen atoms in total. The van der Waals surface area contributed by atoms with Gasteiger partial charge in [-0.15, -0.1) is 11.8 Å². The first kappa shape index (κ1) is 26.5. The molecule has 3 rings (SSSR count). The molecule has 0 radical (unpaired) electrons. The van der Waals surface area contributed by atoms with Gasteiger partial charge in [0.05, 0.1) is 5.75 Å². The minimum absolute atomic E-state index is 0.00881. The van der Waals surface area contributed by atoms with Crippen molar-refractivity contribution in [1.29, 1.82) is 0 Å². The molecule has 0 spiro atoms. The van der Waals surface area contributed by atoms with E-state index in [0.29, 0.717) is 6.42 Å². The van der Waals surface area contributed by atoms with Crippen LogP contribution in [-0.4, -0.2) is 34.6 Å². The van der Waals surface area contributed by atoms with Crippen LogP contribution < -0.4 is 5.32 Å². The average Bonchev–Trinajstić information content (AvgIpc) is 2.87. The summed E-state index contributed by atoms with van der Waals surface area (Å²) >= 11 is 1.45. The van der Waals surface area contributed by atoms with Gasteiger partial charge < -0.3 is 10.2 Å². The van der Waals surface area contributed by atoms with Crippen LogP contribution in [-0.2, 0) is 22.6 Å². The van der Waals surface area contributed by atoms with Gasteiger partial charge in [-0.2, -0.15) is 0 Å². The second kappa shape index (κ2) is 13.1. The van der Waals surface area contributed by atoms with Gasteiger partial charge >= 0.3 is 0 Å². The van der Waals surface area contributed by atoms with Crippen molar-refractivity contribution in [3.8, 4) is 0 Å². The maximum atomic E-state index is 13.6. The lowest BCUT2D eigenvalue weighted by atomic mass is 10.0. The zero-order valence-corrected chi connectivity index (χ0v) is 21.4. The van der Waals surface area contributed by atoms with Gasteiger partial charge in [0, 0.05) is 23.9 Å². The molecule has 0 aliphatic rings. The molecule has 0 heterocycles. The predicted molar refractivity (Wildman–Crippen MR) is 141 cm³/mol. The molecule has 0 aromatic heterocycles. The van der Waals surface area contributed by atoms with Crippen molar-refractivity contribution in [2.24, 2.45) is 0 Å². The fourth-order valence-corrected chi connectivity index (χ4v) is 4.43. The number of hydrogen-bond donors (Lipinski definition) is 1. The topological polar surface area (TPSA) is 49.4 Å². The third-order valence-electron chi connectivity index (χ3n) is 5.92. The van der Waals surface area contributed by atoms with E-state index in [-0.39, 0.29) is 36.0 Å². The largest absolute Gasteiger partial charge is 0.352 e. The Balaban J connectivity index is 1.89. The summed E-state index contributed by atoms with van der Waals surface area (Å²) in [7, 11) is 0. The van der Waals surface area contributed by atoms with Crippen LogP contribution in [0.4, 0.5) is 4.39 Å². The first-order valence-electron chi connectivity index (χ1n) is 11.9. The Morgan fingerprint density at radius 3 is 2.23 bits per heavy atom. The number of nitrogens with zero attached hydrogens (tertiary/aromatic N) is 1. The molecular formula is C29H33FN2O2S. The van der Waals surface area contributed by atoms with Gasteiger partial charge in [0.25, 0.3) is 0 Å². The SMILES string of the molecule is CC[C@H](C)NC(=O)[C@@H](Cc1ccccc1)N(Cc1ccc(F)cc1)C(=O)CSc1ccc(C)cc1. The molecule has 0 saturated heterocycles. The van der Waals surface area contributed by atoms with E-state index in [9.17, 15) is 14.0 Å². The molecular weight excluding hydrogens is 459 g/mol. The summed E-state index contributed by atoms with van der Waals surface area (Å²) in [6.07, 6.45) is 1.18. The third-order valence-corrected chi connectivity index (χ3v) is 6.92. The molecule has 1 N–H and O–H groups in total. The van der Waals surface area contributed by atoms with E-state index in [1.807, 2.05) is 75.4 Å². The second-order valence-corrected chi connectivity index (χ2v) is 9.82. The van der Waals surface area contributed by atoms with Crippen LogP contribution in [0.1, 0.15) is 37.0 Å². The molecule has 6 heteroatoms. The summed E-state index contributed by atoms with van der Waals surface area (Å²) in [5, 5.41) is 3.06. The van der Waals surface area contributed by atoms with E-state index in [0.717, 1.165) is 28.0 Å². The fraction of sp³-hybridized carbons (Fsp3) is 0.310. The molecule has 2 atom stereocenters. The number of carbonyl (C=O) groups is 2. The van der Waals surface area contributed by atoms with E-state index in [1.165, 1.54) is 23.9 Å². The van der Waals surface area contributed by atoms with Crippen molar-refractivity contribution in [2.45, 2.75) is 57.1 Å². The van der Waals surface area contributed by atoms with Crippen LogP contribution in [0.15, 0.2) is 83.8 Å².